The van der Waals surface area contributed by atoms with Crippen LogP contribution in [0, 0.1) is 0 Å². The van der Waals surface area contributed by atoms with Crippen LogP contribution in [0.1, 0.15) is 30.7 Å². The van der Waals surface area contributed by atoms with E-state index in [1.165, 1.54) is 18.4 Å². The van der Waals surface area contributed by atoms with Gasteiger partial charge in [-0.3, -0.25) is 4.90 Å². The Hall–Kier alpha value is -1.86. The average molecular weight is 336 g/mol. The van der Waals surface area contributed by atoms with Gasteiger partial charge in [-0.25, -0.2) is 9.59 Å². The molecule has 1 aromatic rings. The molecule has 3 heterocycles. The van der Waals surface area contributed by atoms with E-state index < -0.39 is 12.0 Å². The van der Waals surface area contributed by atoms with Crippen LogP contribution in [0.5, 0.6) is 0 Å². The van der Waals surface area contributed by atoms with Crippen molar-refractivity contribution in [3.63, 3.8) is 0 Å². The van der Waals surface area contributed by atoms with Crippen molar-refractivity contribution in [2.24, 2.45) is 0 Å². The maximum absolute atomic E-state index is 12.5. The normalized spacial score (nSPS) is 24.8. The van der Waals surface area contributed by atoms with E-state index in [4.69, 9.17) is 9.47 Å². The summed E-state index contributed by atoms with van der Waals surface area (Å²) in [7, 11) is 1.36. The van der Waals surface area contributed by atoms with E-state index in [1.54, 1.807) is 11.8 Å². The molecule has 1 saturated heterocycles. The summed E-state index contributed by atoms with van der Waals surface area (Å²) in [6.07, 6.45) is 1.96. The van der Waals surface area contributed by atoms with Gasteiger partial charge in [-0.2, -0.15) is 0 Å². The Morgan fingerprint density at radius 3 is 3.00 bits per heavy atom. The molecule has 0 spiro atoms. The first-order valence-electron chi connectivity index (χ1n) is 7.64. The number of nitrogens with one attached hydrogen (secondary N) is 1. The van der Waals surface area contributed by atoms with Gasteiger partial charge in [-0.1, -0.05) is 6.07 Å². The molecular weight excluding hydrogens is 316 g/mol. The molecule has 2 aliphatic heterocycles. The molecule has 23 heavy (non-hydrogen) atoms. The van der Waals surface area contributed by atoms with E-state index >= 15 is 0 Å². The summed E-state index contributed by atoms with van der Waals surface area (Å²) in [6.45, 7) is 2.97. The van der Waals surface area contributed by atoms with E-state index in [2.05, 4.69) is 5.32 Å². The molecule has 1 N–H and O–H groups in total. The lowest BCUT2D eigenvalue weighted by atomic mass is 10.00. The Kier molecular flexibility index (Phi) is 4.68. The molecular formula is C16H20N2O4S. The fourth-order valence-corrected chi connectivity index (χ4v) is 3.82. The van der Waals surface area contributed by atoms with Gasteiger partial charge in [0.25, 0.3) is 0 Å². The van der Waals surface area contributed by atoms with Crippen molar-refractivity contribution in [2.75, 3.05) is 20.3 Å². The molecule has 1 fully saturated rings. The zero-order valence-electron chi connectivity index (χ0n) is 13.2. The van der Waals surface area contributed by atoms with Crippen LogP contribution in [-0.4, -0.2) is 43.3 Å². The number of carbonyl (C=O) groups excluding carboxylic acids is 2. The van der Waals surface area contributed by atoms with E-state index in [9.17, 15) is 9.59 Å². The third-order valence-corrected chi connectivity index (χ3v) is 5.18. The Labute approximate surface area is 139 Å². The Bertz CT molecular complexity index is 620. The van der Waals surface area contributed by atoms with Crippen LogP contribution in [0.25, 0.3) is 0 Å². The first kappa shape index (κ1) is 16.0. The van der Waals surface area contributed by atoms with Crippen LogP contribution in [0.2, 0.25) is 0 Å². The SMILES string of the molecule is COC(=O)C1=C(C)N(C[C@@H]2CCCO2)C(=O)N[C@@H]1c1cccs1. The molecule has 0 bridgehead atoms. The second kappa shape index (κ2) is 6.72. The average Bonchev–Trinajstić information content (AvgIpc) is 3.23. The van der Waals surface area contributed by atoms with Crippen LogP contribution < -0.4 is 5.32 Å². The number of hydrogen-bond acceptors (Lipinski definition) is 5. The first-order valence-corrected chi connectivity index (χ1v) is 8.52. The number of urea groups is 1. The Morgan fingerprint density at radius 2 is 2.39 bits per heavy atom. The predicted octanol–water partition coefficient (Wildman–Crippen LogP) is 2.44. The minimum atomic E-state index is -0.462. The summed E-state index contributed by atoms with van der Waals surface area (Å²) in [4.78, 5) is 27.3. The van der Waals surface area contributed by atoms with Gasteiger partial charge < -0.3 is 14.8 Å². The van der Waals surface area contributed by atoms with Crippen LogP contribution >= 0.6 is 11.3 Å². The number of carbonyl (C=O) groups is 2. The van der Waals surface area contributed by atoms with Gasteiger partial charge in [0.05, 0.1) is 31.4 Å². The van der Waals surface area contributed by atoms with Gasteiger partial charge in [0, 0.05) is 17.2 Å². The number of hydrogen-bond donors (Lipinski definition) is 1. The predicted molar refractivity (Wildman–Crippen MR) is 86.0 cm³/mol. The number of ether oxygens (including phenoxy) is 2. The Morgan fingerprint density at radius 1 is 1.57 bits per heavy atom. The summed E-state index contributed by atoms with van der Waals surface area (Å²) in [5, 5.41) is 4.84. The molecule has 7 heteroatoms. The third-order valence-electron chi connectivity index (χ3n) is 4.24. The van der Waals surface area contributed by atoms with Gasteiger partial charge in [-0.15, -0.1) is 11.3 Å². The number of amides is 2. The number of allylic oxidation sites excluding steroid dienone is 1. The maximum Gasteiger partial charge on any atom is 0.338 e. The highest BCUT2D eigenvalue weighted by Gasteiger charge is 2.37. The van der Waals surface area contributed by atoms with Crippen molar-refractivity contribution in [2.45, 2.75) is 31.9 Å². The van der Waals surface area contributed by atoms with Crippen molar-refractivity contribution in [3.8, 4) is 0 Å². The molecule has 0 aliphatic carbocycles. The molecule has 2 amide bonds. The fourth-order valence-electron chi connectivity index (χ4n) is 3.04. The summed E-state index contributed by atoms with van der Waals surface area (Å²) >= 11 is 1.50. The minimum Gasteiger partial charge on any atom is -0.466 e. The number of thiophene rings is 1. The summed E-state index contributed by atoms with van der Waals surface area (Å²) in [6, 6.07) is 3.14. The second-order valence-electron chi connectivity index (χ2n) is 5.63. The van der Waals surface area contributed by atoms with Crippen molar-refractivity contribution in [1.82, 2.24) is 10.2 Å². The van der Waals surface area contributed by atoms with Crippen molar-refractivity contribution in [1.29, 1.82) is 0 Å². The lowest BCUT2D eigenvalue weighted by Gasteiger charge is -2.35. The molecule has 2 atom stereocenters. The highest BCUT2D eigenvalue weighted by atomic mass is 32.1. The third kappa shape index (κ3) is 3.11. The Balaban J connectivity index is 1.94. The van der Waals surface area contributed by atoms with E-state index in [1.807, 2.05) is 17.5 Å². The lowest BCUT2D eigenvalue weighted by molar-refractivity contribution is -0.136. The highest BCUT2D eigenvalue weighted by Crippen LogP contribution is 2.33. The summed E-state index contributed by atoms with van der Waals surface area (Å²) in [5.74, 6) is -0.418. The van der Waals surface area contributed by atoms with Gasteiger partial charge in [0.1, 0.15) is 0 Å². The topological polar surface area (TPSA) is 67.9 Å². The second-order valence-corrected chi connectivity index (χ2v) is 6.61. The van der Waals surface area contributed by atoms with Crippen molar-refractivity contribution >= 4 is 23.3 Å². The smallest absolute Gasteiger partial charge is 0.338 e. The largest absolute Gasteiger partial charge is 0.466 e. The highest BCUT2D eigenvalue weighted by molar-refractivity contribution is 7.10. The quantitative estimate of drug-likeness (QED) is 0.858. The zero-order chi connectivity index (χ0) is 16.4. The fraction of sp³-hybridized carbons (Fsp3) is 0.500. The van der Waals surface area contributed by atoms with E-state index in [0.29, 0.717) is 17.8 Å². The van der Waals surface area contributed by atoms with E-state index in [0.717, 1.165) is 24.3 Å². The lowest BCUT2D eigenvalue weighted by Crippen LogP contribution is -2.49. The molecule has 0 unspecified atom stereocenters. The molecule has 2 aliphatic rings. The molecule has 6 nitrogen and oxygen atoms in total. The zero-order valence-corrected chi connectivity index (χ0v) is 14.0. The minimum absolute atomic E-state index is 0.0212. The standard InChI is InChI=1S/C16H20N2O4S/c1-10-13(15(19)21-2)14(12-6-4-8-23-12)17-16(20)18(10)9-11-5-3-7-22-11/h4,6,8,11,14H,3,5,7,9H2,1-2H3,(H,17,20)/t11-,14+/m0/s1. The number of methoxy groups -OCH3 is 1. The summed E-state index contributed by atoms with van der Waals surface area (Å²) < 4.78 is 10.6. The number of nitrogens with zero attached hydrogens (tertiary/aromatic N) is 1. The van der Waals surface area contributed by atoms with Crippen molar-refractivity contribution < 1.29 is 19.1 Å². The molecule has 124 valence electrons. The number of rotatable bonds is 4. The van der Waals surface area contributed by atoms with Crippen molar-refractivity contribution in [3.05, 3.63) is 33.7 Å². The molecule has 0 radical (unpaired) electrons. The van der Waals surface area contributed by atoms with Crippen LogP contribution in [0.4, 0.5) is 4.79 Å². The van der Waals surface area contributed by atoms with Crippen LogP contribution in [0.3, 0.4) is 0 Å². The number of esters is 1. The molecule has 0 saturated carbocycles. The van der Waals surface area contributed by atoms with Gasteiger partial charge >= 0.3 is 12.0 Å². The molecule has 1 aromatic heterocycles. The van der Waals surface area contributed by atoms with Crippen LogP contribution in [0.15, 0.2) is 28.8 Å². The van der Waals surface area contributed by atoms with Gasteiger partial charge in [0.15, 0.2) is 0 Å². The molecule has 3 rings (SSSR count). The summed E-state index contributed by atoms with van der Waals surface area (Å²) in [5.41, 5.74) is 1.11. The van der Waals surface area contributed by atoms with Gasteiger partial charge in [-0.05, 0) is 31.2 Å². The maximum atomic E-state index is 12.5. The van der Waals surface area contributed by atoms with Gasteiger partial charge in [0.2, 0.25) is 0 Å². The van der Waals surface area contributed by atoms with E-state index in [-0.39, 0.29) is 12.1 Å². The van der Waals surface area contributed by atoms with Crippen LogP contribution in [-0.2, 0) is 14.3 Å². The monoisotopic (exact) mass is 336 g/mol. The molecule has 0 aromatic carbocycles. The first-order chi connectivity index (χ1) is 11.1.